The molecule has 0 unspecified atom stereocenters. The number of methoxy groups -OCH3 is 1. The Morgan fingerprint density at radius 1 is 1.35 bits per heavy atom. The van der Waals surface area contributed by atoms with Gasteiger partial charge in [-0.2, -0.15) is 0 Å². The van der Waals surface area contributed by atoms with Crippen LogP contribution in [0, 0.1) is 11.3 Å². The molecule has 2 aliphatic heterocycles. The van der Waals surface area contributed by atoms with Crippen molar-refractivity contribution >= 4 is 17.7 Å². The fourth-order valence-corrected chi connectivity index (χ4v) is 3.25. The number of esters is 1. The van der Waals surface area contributed by atoms with Gasteiger partial charge in [-0.05, 0) is 36.1 Å². The molecule has 2 aliphatic rings. The van der Waals surface area contributed by atoms with E-state index in [0.29, 0.717) is 26.3 Å². The second kappa shape index (κ2) is 5.85. The van der Waals surface area contributed by atoms with Crippen LogP contribution in [0.3, 0.4) is 0 Å². The van der Waals surface area contributed by atoms with Gasteiger partial charge in [-0.15, -0.1) is 0 Å². The maximum Gasteiger partial charge on any atom is 0.321 e. The van der Waals surface area contributed by atoms with Crippen molar-refractivity contribution in [3.05, 3.63) is 29.3 Å². The molecule has 1 saturated heterocycles. The predicted molar refractivity (Wildman–Crippen MR) is 84.8 cm³/mol. The third kappa shape index (κ3) is 2.79. The van der Waals surface area contributed by atoms with Gasteiger partial charge in [-0.25, -0.2) is 4.79 Å². The van der Waals surface area contributed by atoms with Crippen LogP contribution in [0.2, 0.25) is 0 Å². The van der Waals surface area contributed by atoms with Gasteiger partial charge in [0.05, 0.1) is 25.7 Å². The van der Waals surface area contributed by atoms with Gasteiger partial charge in [0.25, 0.3) is 0 Å². The van der Waals surface area contributed by atoms with E-state index >= 15 is 0 Å². The highest BCUT2D eigenvalue weighted by Gasteiger charge is 2.48. The van der Waals surface area contributed by atoms with Crippen molar-refractivity contribution < 1.29 is 19.1 Å². The normalized spacial score (nSPS) is 26.0. The van der Waals surface area contributed by atoms with Crippen molar-refractivity contribution in [3.63, 3.8) is 0 Å². The monoisotopic (exact) mass is 318 g/mol. The van der Waals surface area contributed by atoms with Crippen LogP contribution < -0.4 is 5.32 Å². The summed E-state index contributed by atoms with van der Waals surface area (Å²) >= 11 is 0. The lowest BCUT2D eigenvalue weighted by Gasteiger charge is -2.24. The minimum Gasteiger partial charge on any atom is -0.469 e. The Morgan fingerprint density at radius 3 is 2.83 bits per heavy atom. The van der Waals surface area contributed by atoms with E-state index in [2.05, 4.69) is 5.32 Å². The summed E-state index contributed by atoms with van der Waals surface area (Å²) < 4.78 is 10.3. The predicted octanol–water partition coefficient (Wildman–Crippen LogP) is 2.38. The van der Waals surface area contributed by atoms with E-state index in [9.17, 15) is 9.59 Å². The van der Waals surface area contributed by atoms with Crippen molar-refractivity contribution in [1.29, 1.82) is 0 Å². The number of urea groups is 1. The Balaban J connectivity index is 1.69. The molecule has 0 saturated carbocycles. The van der Waals surface area contributed by atoms with Crippen molar-refractivity contribution in [3.8, 4) is 0 Å². The zero-order valence-electron chi connectivity index (χ0n) is 13.7. The SMILES string of the molecule is COC(=O)[C@]1(C)CN(C(=O)Nc2ccc3c(c2)COC3)C[C@H]1C. The highest BCUT2D eigenvalue weighted by atomic mass is 16.5. The highest BCUT2D eigenvalue weighted by molar-refractivity contribution is 5.90. The van der Waals surface area contributed by atoms with E-state index in [0.717, 1.165) is 16.8 Å². The van der Waals surface area contributed by atoms with Crippen LogP contribution in [0.15, 0.2) is 18.2 Å². The number of nitrogens with one attached hydrogen (secondary N) is 1. The standard InChI is InChI=1S/C17H22N2O4/c1-11-7-19(10-17(11,2)15(20)22-3)16(21)18-14-5-4-12-8-23-9-13(12)6-14/h4-6,11H,7-10H2,1-3H3,(H,18,21)/t11-,17-/m1/s1. The van der Waals surface area contributed by atoms with E-state index < -0.39 is 5.41 Å². The molecular formula is C17H22N2O4. The number of ether oxygens (including phenoxy) is 2. The fourth-order valence-electron chi connectivity index (χ4n) is 3.25. The van der Waals surface area contributed by atoms with Gasteiger partial charge in [0.2, 0.25) is 0 Å². The van der Waals surface area contributed by atoms with Crippen molar-refractivity contribution in [2.24, 2.45) is 11.3 Å². The van der Waals surface area contributed by atoms with Crippen LogP contribution in [-0.2, 0) is 27.5 Å². The molecule has 2 atom stereocenters. The first kappa shape index (κ1) is 15.8. The minimum atomic E-state index is -0.655. The number of nitrogens with zero attached hydrogens (tertiary/aromatic N) is 1. The first-order valence-corrected chi connectivity index (χ1v) is 7.78. The molecule has 3 rings (SSSR count). The summed E-state index contributed by atoms with van der Waals surface area (Å²) in [4.78, 5) is 26.2. The maximum absolute atomic E-state index is 12.5. The van der Waals surface area contributed by atoms with Crippen LogP contribution in [-0.4, -0.2) is 37.1 Å². The Hall–Kier alpha value is -2.08. The van der Waals surface area contributed by atoms with E-state index in [4.69, 9.17) is 9.47 Å². The number of likely N-dealkylation sites (tertiary alicyclic amines) is 1. The summed E-state index contributed by atoms with van der Waals surface area (Å²) in [5.41, 5.74) is 2.37. The lowest BCUT2D eigenvalue weighted by molar-refractivity contribution is -0.152. The van der Waals surface area contributed by atoms with E-state index in [1.165, 1.54) is 7.11 Å². The lowest BCUT2D eigenvalue weighted by Crippen LogP contribution is -2.38. The summed E-state index contributed by atoms with van der Waals surface area (Å²) in [7, 11) is 1.38. The van der Waals surface area contributed by atoms with Gasteiger partial charge in [0.15, 0.2) is 0 Å². The molecule has 0 spiro atoms. The minimum absolute atomic E-state index is 0.0501. The lowest BCUT2D eigenvalue weighted by atomic mass is 9.81. The van der Waals surface area contributed by atoms with Crippen LogP contribution >= 0.6 is 0 Å². The smallest absolute Gasteiger partial charge is 0.321 e. The van der Waals surface area contributed by atoms with Gasteiger partial charge in [-0.3, -0.25) is 4.79 Å². The van der Waals surface area contributed by atoms with Crippen molar-refractivity contribution in [1.82, 2.24) is 4.90 Å². The number of hydrogen-bond acceptors (Lipinski definition) is 4. The third-order valence-electron chi connectivity index (χ3n) is 5.01. The molecule has 1 N–H and O–H groups in total. The van der Waals surface area contributed by atoms with E-state index in [-0.39, 0.29) is 17.9 Å². The highest BCUT2D eigenvalue weighted by Crippen LogP contribution is 2.37. The van der Waals surface area contributed by atoms with E-state index in [1.54, 1.807) is 4.90 Å². The molecule has 0 radical (unpaired) electrons. The molecule has 23 heavy (non-hydrogen) atoms. The summed E-state index contributed by atoms with van der Waals surface area (Å²) in [6.45, 7) is 5.93. The molecule has 1 fully saturated rings. The zero-order valence-corrected chi connectivity index (χ0v) is 13.7. The van der Waals surface area contributed by atoms with Gasteiger partial charge in [0, 0.05) is 18.8 Å². The first-order valence-electron chi connectivity index (χ1n) is 7.78. The van der Waals surface area contributed by atoms with Gasteiger partial charge < -0.3 is 19.7 Å². The number of rotatable bonds is 2. The summed E-state index contributed by atoms with van der Waals surface area (Å²) in [6.07, 6.45) is 0. The van der Waals surface area contributed by atoms with Crippen LogP contribution in [0.1, 0.15) is 25.0 Å². The molecular weight excluding hydrogens is 296 g/mol. The maximum atomic E-state index is 12.5. The first-order chi connectivity index (χ1) is 10.9. The molecule has 0 aromatic heterocycles. The Kier molecular flexibility index (Phi) is 4.02. The molecule has 0 bridgehead atoms. The van der Waals surface area contributed by atoms with Crippen LogP contribution in [0.4, 0.5) is 10.5 Å². The number of carbonyl (C=O) groups excluding carboxylic acids is 2. The molecule has 1 aromatic rings. The quantitative estimate of drug-likeness (QED) is 0.850. The van der Waals surface area contributed by atoms with E-state index in [1.807, 2.05) is 32.0 Å². The van der Waals surface area contributed by atoms with Gasteiger partial charge in [-0.1, -0.05) is 13.0 Å². The number of benzene rings is 1. The largest absolute Gasteiger partial charge is 0.469 e. The molecule has 6 heteroatoms. The Bertz CT molecular complexity index is 645. The number of amides is 2. The molecule has 0 aliphatic carbocycles. The molecule has 124 valence electrons. The number of hydrogen-bond donors (Lipinski definition) is 1. The fraction of sp³-hybridized carbons (Fsp3) is 0.529. The number of carbonyl (C=O) groups is 2. The zero-order chi connectivity index (χ0) is 16.6. The molecule has 2 heterocycles. The second-order valence-corrected chi connectivity index (χ2v) is 6.60. The Morgan fingerprint density at radius 2 is 2.09 bits per heavy atom. The third-order valence-corrected chi connectivity index (χ3v) is 5.01. The topological polar surface area (TPSA) is 67.9 Å². The van der Waals surface area contributed by atoms with Gasteiger partial charge >= 0.3 is 12.0 Å². The summed E-state index contributed by atoms with van der Waals surface area (Å²) in [6, 6.07) is 5.61. The van der Waals surface area contributed by atoms with Crippen molar-refractivity contribution in [2.45, 2.75) is 27.1 Å². The average Bonchev–Trinajstić information content (AvgIpc) is 3.11. The number of anilines is 1. The molecule has 1 aromatic carbocycles. The van der Waals surface area contributed by atoms with Crippen molar-refractivity contribution in [2.75, 3.05) is 25.5 Å². The molecule has 2 amide bonds. The second-order valence-electron chi connectivity index (χ2n) is 6.60. The summed E-state index contributed by atoms with van der Waals surface area (Å²) in [5.74, 6) is -0.218. The van der Waals surface area contributed by atoms with Crippen LogP contribution in [0.5, 0.6) is 0 Å². The average molecular weight is 318 g/mol. The van der Waals surface area contributed by atoms with Crippen LogP contribution in [0.25, 0.3) is 0 Å². The van der Waals surface area contributed by atoms with Gasteiger partial charge in [0.1, 0.15) is 0 Å². The summed E-state index contributed by atoms with van der Waals surface area (Å²) in [5, 5.41) is 2.91. The molecule has 6 nitrogen and oxygen atoms in total. The Labute approximate surface area is 135 Å². The number of fused-ring (bicyclic) bond motifs is 1.